The Morgan fingerprint density at radius 3 is 2.00 bits per heavy atom. The SMILES string of the molecule is COc1c[c-]ccc1.C[C-](C)C.[Cu+].[Li+]. The molecule has 0 aliphatic rings. The van der Waals surface area contributed by atoms with E-state index in [1.807, 2.05) is 18.2 Å². The first kappa shape index (κ1) is 19.7. The molecule has 0 unspecified atom stereocenters. The van der Waals surface area contributed by atoms with Crippen LogP contribution < -0.4 is 23.6 Å². The minimum absolute atomic E-state index is 0. The molecule has 0 heterocycles. The van der Waals surface area contributed by atoms with Gasteiger partial charge in [-0.1, -0.05) is 0 Å². The summed E-state index contributed by atoms with van der Waals surface area (Å²) in [5.41, 5.74) is 0. The molecule has 0 amide bonds. The Morgan fingerprint density at radius 1 is 1.29 bits per heavy atom. The molecule has 0 atom stereocenters. The zero-order valence-electron chi connectivity index (χ0n) is 9.52. The maximum absolute atomic E-state index is 4.88. The van der Waals surface area contributed by atoms with Crippen LogP contribution >= 0.6 is 0 Å². The van der Waals surface area contributed by atoms with Gasteiger partial charge in [0.15, 0.2) is 0 Å². The van der Waals surface area contributed by atoms with Crippen LogP contribution in [0.4, 0.5) is 0 Å². The molecule has 0 bridgehead atoms. The summed E-state index contributed by atoms with van der Waals surface area (Å²) >= 11 is 0. The van der Waals surface area contributed by atoms with Crippen LogP contribution in [-0.4, -0.2) is 7.11 Å². The Kier molecular flexibility index (Phi) is 18.5. The third-order valence-electron chi connectivity index (χ3n) is 0.914. The van der Waals surface area contributed by atoms with Gasteiger partial charge in [0, 0.05) is 5.75 Å². The normalized spacial score (nSPS) is 7.50. The number of methoxy groups -OCH3 is 1. The van der Waals surface area contributed by atoms with Gasteiger partial charge in [-0.05, 0) is 0 Å². The van der Waals surface area contributed by atoms with E-state index >= 15 is 0 Å². The van der Waals surface area contributed by atoms with Gasteiger partial charge in [-0.25, -0.2) is 0 Å². The smallest absolute Gasteiger partial charge is 0.554 e. The molecule has 1 rings (SSSR count). The van der Waals surface area contributed by atoms with Crippen LogP contribution in [0.1, 0.15) is 20.8 Å². The monoisotopic (exact) mass is 234 g/mol. The Morgan fingerprint density at radius 2 is 1.79 bits per heavy atom. The molecule has 1 nitrogen and oxygen atoms in total. The van der Waals surface area contributed by atoms with Gasteiger partial charge in [0.1, 0.15) is 0 Å². The van der Waals surface area contributed by atoms with E-state index in [-0.39, 0.29) is 35.9 Å². The van der Waals surface area contributed by atoms with Crippen LogP contribution in [-0.2, 0) is 17.1 Å². The molecule has 0 spiro atoms. The van der Waals surface area contributed by atoms with Crippen LogP contribution in [0, 0.1) is 12.0 Å². The quantitative estimate of drug-likeness (QED) is 0.496. The molecule has 1 aromatic carbocycles. The first-order valence-electron chi connectivity index (χ1n) is 3.93. The molecule has 0 radical (unpaired) electrons. The van der Waals surface area contributed by atoms with Gasteiger partial charge < -0.3 is 10.7 Å². The molecule has 0 saturated heterocycles. The fraction of sp³-hybridized carbons (Fsp3) is 0.364. The van der Waals surface area contributed by atoms with E-state index in [2.05, 4.69) is 26.8 Å². The number of hydrogen-bond acceptors (Lipinski definition) is 1. The zero-order valence-corrected chi connectivity index (χ0v) is 10.5. The van der Waals surface area contributed by atoms with E-state index < -0.39 is 0 Å². The van der Waals surface area contributed by atoms with Crippen LogP contribution in [0.25, 0.3) is 0 Å². The Bertz CT molecular complexity index is 187. The molecule has 0 aliphatic carbocycles. The molecular weight excluding hydrogens is 219 g/mol. The van der Waals surface area contributed by atoms with E-state index in [1.54, 1.807) is 13.2 Å². The number of rotatable bonds is 1. The fourth-order valence-electron chi connectivity index (χ4n) is 0.504. The van der Waals surface area contributed by atoms with E-state index in [4.69, 9.17) is 4.74 Å². The van der Waals surface area contributed by atoms with Crippen molar-refractivity contribution >= 4 is 0 Å². The molecule has 0 fully saturated rings. The van der Waals surface area contributed by atoms with Crippen molar-refractivity contribution in [3.05, 3.63) is 36.2 Å². The largest absolute Gasteiger partial charge is 1.00 e. The van der Waals surface area contributed by atoms with Crippen molar-refractivity contribution in [2.45, 2.75) is 20.8 Å². The van der Waals surface area contributed by atoms with E-state index in [0.717, 1.165) is 5.75 Å². The molecule has 0 aliphatic heterocycles. The van der Waals surface area contributed by atoms with Crippen LogP contribution in [0.3, 0.4) is 0 Å². The second kappa shape index (κ2) is 13.1. The van der Waals surface area contributed by atoms with Crippen molar-refractivity contribution in [2.24, 2.45) is 0 Å². The van der Waals surface area contributed by atoms with Crippen molar-refractivity contribution in [2.75, 3.05) is 7.11 Å². The molecule has 1 aromatic rings. The minimum Gasteiger partial charge on any atom is -0.554 e. The van der Waals surface area contributed by atoms with Gasteiger partial charge in [-0.15, -0.1) is 12.1 Å². The average molecular weight is 235 g/mol. The average Bonchev–Trinajstić information content (AvgIpc) is 2.05. The third kappa shape index (κ3) is 14.6. The van der Waals surface area contributed by atoms with Crippen molar-refractivity contribution in [1.82, 2.24) is 0 Å². The Labute approximate surface area is 110 Å². The first-order valence-corrected chi connectivity index (χ1v) is 3.93. The molecule has 78 valence electrons. The summed E-state index contributed by atoms with van der Waals surface area (Å²) in [5, 5.41) is 0. The van der Waals surface area contributed by atoms with Crippen molar-refractivity contribution in [3.63, 3.8) is 0 Å². The maximum atomic E-state index is 4.88. The van der Waals surface area contributed by atoms with Gasteiger partial charge in [-0.2, -0.15) is 39.0 Å². The van der Waals surface area contributed by atoms with Gasteiger partial charge in [0.25, 0.3) is 0 Å². The maximum Gasteiger partial charge on any atom is 1.00 e. The number of hydrogen-bond donors (Lipinski definition) is 0. The van der Waals surface area contributed by atoms with Gasteiger partial charge in [-0.3, -0.25) is 0 Å². The summed E-state index contributed by atoms with van der Waals surface area (Å²) in [6.07, 6.45) is 0. The molecule has 0 N–H and O–H groups in total. The fourth-order valence-corrected chi connectivity index (χ4v) is 0.504. The second-order valence-electron chi connectivity index (χ2n) is 2.94. The predicted molar refractivity (Wildman–Crippen MR) is 52.1 cm³/mol. The Hall–Kier alpha value is 0.137. The van der Waals surface area contributed by atoms with E-state index in [9.17, 15) is 0 Å². The Balaban J connectivity index is -0.000000180. The summed E-state index contributed by atoms with van der Waals surface area (Å²) < 4.78 is 4.88. The summed E-state index contributed by atoms with van der Waals surface area (Å²) in [6, 6.07) is 10.3. The first-order chi connectivity index (χ1) is 5.66. The summed E-state index contributed by atoms with van der Waals surface area (Å²) in [5.74, 6) is 2.27. The van der Waals surface area contributed by atoms with Crippen LogP contribution in [0.5, 0.6) is 5.75 Å². The molecule has 0 aromatic heterocycles. The molecular formula is C11H16CuLiO. The second-order valence-corrected chi connectivity index (χ2v) is 2.94. The summed E-state index contributed by atoms with van der Waals surface area (Å²) in [4.78, 5) is 0. The van der Waals surface area contributed by atoms with Crippen LogP contribution in [0.2, 0.25) is 0 Å². The van der Waals surface area contributed by atoms with Gasteiger partial charge in [0.05, 0.1) is 7.11 Å². The standard InChI is InChI=1S/C7H7O.C4H9.Cu.Li/c1-8-7-5-3-2-4-6-7;1-4(2)3;;/h2-3,5-6H,1H3;1-3H3;;/q2*-1;2*+1. The number of ether oxygens (including phenoxy) is 1. The molecule has 3 heteroatoms. The number of benzene rings is 1. The molecule has 14 heavy (non-hydrogen) atoms. The van der Waals surface area contributed by atoms with Crippen molar-refractivity contribution in [1.29, 1.82) is 0 Å². The predicted octanol–water partition coefficient (Wildman–Crippen LogP) is 0.117. The third-order valence-corrected chi connectivity index (χ3v) is 0.914. The molecule has 0 saturated carbocycles. The minimum atomic E-state index is 0. The van der Waals surface area contributed by atoms with E-state index in [1.165, 1.54) is 5.92 Å². The van der Waals surface area contributed by atoms with Crippen LogP contribution in [0.15, 0.2) is 24.3 Å². The van der Waals surface area contributed by atoms with E-state index in [0.29, 0.717) is 0 Å². The van der Waals surface area contributed by atoms with Crippen molar-refractivity contribution < 1.29 is 40.7 Å². The zero-order chi connectivity index (χ0) is 9.40. The van der Waals surface area contributed by atoms with Crippen molar-refractivity contribution in [3.8, 4) is 5.75 Å². The summed E-state index contributed by atoms with van der Waals surface area (Å²) in [7, 11) is 1.64. The summed E-state index contributed by atoms with van der Waals surface area (Å²) in [6.45, 7) is 6.25. The van der Waals surface area contributed by atoms with Gasteiger partial charge in [0.2, 0.25) is 0 Å². The van der Waals surface area contributed by atoms with Gasteiger partial charge >= 0.3 is 35.9 Å². The topological polar surface area (TPSA) is 9.23 Å².